The van der Waals surface area contributed by atoms with Crippen LogP contribution < -0.4 is 23.5 Å². The molecule has 352 valence electrons. The van der Waals surface area contributed by atoms with Gasteiger partial charge in [0.15, 0.2) is 23.7 Å². The normalized spacial score (nSPS) is 22.6. The van der Waals surface area contributed by atoms with Gasteiger partial charge >= 0.3 is 51.9 Å². The van der Waals surface area contributed by atoms with Gasteiger partial charge in [-0.2, -0.15) is 4.98 Å². The minimum absolute atomic E-state index is 0.00161. The highest BCUT2D eigenvalue weighted by molar-refractivity contribution is 7.82. The number of carbonyl (C=O) groups is 6. The maximum atomic E-state index is 13.2. The van der Waals surface area contributed by atoms with Crippen LogP contribution in [0.2, 0.25) is 0 Å². The van der Waals surface area contributed by atoms with Crippen molar-refractivity contribution in [1.82, 2.24) is 9.55 Å². The minimum atomic E-state index is -4.90. The number of benzene rings is 2. The van der Waals surface area contributed by atoms with Crippen LogP contribution in [0.3, 0.4) is 0 Å². The molecule has 24 heteroatoms. The van der Waals surface area contributed by atoms with E-state index in [9.17, 15) is 42.0 Å². The smallest absolute Gasteiger partial charge is 0.472 e. The van der Waals surface area contributed by atoms with Crippen LogP contribution in [0.15, 0.2) is 59.5 Å². The summed E-state index contributed by atoms with van der Waals surface area (Å²) < 4.78 is 93.2. The summed E-state index contributed by atoms with van der Waals surface area (Å²) >= 11 is 0. The van der Waals surface area contributed by atoms with E-state index < -0.39 is 113 Å². The molecule has 1 aromatic heterocycles. The van der Waals surface area contributed by atoms with Crippen molar-refractivity contribution in [2.24, 2.45) is 0 Å². The van der Waals surface area contributed by atoms with Gasteiger partial charge in [0.05, 0.1) is 0 Å². The average molecular weight is 935 g/mol. The molecule has 5 rings (SSSR count). The largest absolute Gasteiger partial charge is 0.501 e. The van der Waals surface area contributed by atoms with E-state index in [1.807, 2.05) is 0 Å². The third-order valence-electron chi connectivity index (χ3n) is 9.08. The molecule has 0 spiro atoms. The summed E-state index contributed by atoms with van der Waals surface area (Å²) in [4.78, 5) is 88.3. The Morgan fingerprint density at radius 2 is 1.26 bits per heavy atom. The molecule has 0 N–H and O–H groups in total. The summed E-state index contributed by atoms with van der Waals surface area (Å²) in [6.07, 6.45) is -8.63. The van der Waals surface area contributed by atoms with Crippen molar-refractivity contribution in [3.8, 4) is 23.1 Å². The maximum Gasteiger partial charge on any atom is 0.501 e. The van der Waals surface area contributed by atoms with Crippen molar-refractivity contribution < 1.29 is 92.9 Å². The fourth-order valence-electron chi connectivity index (χ4n) is 6.52. The van der Waals surface area contributed by atoms with E-state index in [0.717, 1.165) is 27.7 Å². The first kappa shape index (κ1) is 49.2. The second-order valence-electron chi connectivity index (χ2n) is 14.4. The number of hydrogen-bond donors (Lipinski definition) is 0. The number of rotatable bonds is 18. The number of para-hydroxylation sites is 2. The number of hydrogen-bond acceptors (Lipinski definition) is 22. The molecule has 2 aromatic carbocycles. The quantitative estimate of drug-likeness (QED) is 0.130. The lowest BCUT2D eigenvalue weighted by Crippen LogP contribution is -2.63. The Balaban J connectivity index is 1.26. The summed E-state index contributed by atoms with van der Waals surface area (Å²) in [5.74, 6) is -5.38. The maximum absolute atomic E-state index is 13.2. The Morgan fingerprint density at radius 3 is 1.86 bits per heavy atom. The Bertz CT molecular complexity index is 2400. The Labute approximate surface area is 371 Å². The van der Waals surface area contributed by atoms with E-state index in [2.05, 4.69) is 4.98 Å². The highest BCUT2D eigenvalue weighted by Gasteiger charge is 2.53. The van der Waals surface area contributed by atoms with Crippen LogP contribution in [0.5, 0.6) is 23.1 Å². The third-order valence-corrected chi connectivity index (χ3v) is 9.86. The van der Waals surface area contributed by atoms with Crippen LogP contribution in [-0.2, 0) is 83.7 Å². The molecule has 0 radical (unpaired) electrons. The molecule has 8 atom stereocenters. The van der Waals surface area contributed by atoms with Crippen molar-refractivity contribution >= 4 is 46.2 Å². The summed E-state index contributed by atoms with van der Waals surface area (Å²) in [5, 5.41) is 0. The van der Waals surface area contributed by atoms with Crippen LogP contribution >= 0.6 is 0 Å². The third kappa shape index (κ3) is 14.1. The molecule has 2 aliphatic heterocycles. The zero-order chi connectivity index (χ0) is 47.6. The van der Waals surface area contributed by atoms with Crippen molar-refractivity contribution in [3.63, 3.8) is 0 Å². The molecule has 3 heterocycles. The highest BCUT2D eigenvalue weighted by atomic mass is 32.3. The van der Waals surface area contributed by atoms with Crippen LogP contribution in [0, 0.1) is 6.92 Å². The van der Waals surface area contributed by atoms with E-state index in [0.29, 0.717) is 11.1 Å². The van der Waals surface area contributed by atoms with E-state index in [1.54, 1.807) is 6.92 Å². The molecule has 0 amide bonds. The first-order valence-electron chi connectivity index (χ1n) is 19.7. The molecule has 2 fully saturated rings. The minimum Gasteiger partial charge on any atom is -0.472 e. The van der Waals surface area contributed by atoms with Gasteiger partial charge < -0.3 is 55.7 Å². The van der Waals surface area contributed by atoms with Gasteiger partial charge in [0, 0.05) is 59.7 Å². The van der Waals surface area contributed by atoms with Gasteiger partial charge in [-0.25, -0.2) is 4.79 Å². The molecular weight excluding hydrogens is 889 g/mol. The van der Waals surface area contributed by atoms with Crippen molar-refractivity contribution in [2.45, 2.75) is 111 Å². The van der Waals surface area contributed by atoms with Gasteiger partial charge in [0.2, 0.25) is 18.3 Å². The SMILES string of the molecule is CC(=O)OC[C@H]1O[C@@H](n2cc(C)c(OCc3ccc(OS(=O)(=O)Oc4ccccc4O[C@@H]4O[C@H](COC(C)=O)[C@H](OC(C)=O)[C@H](OC(C)=O)[C@H]4OC(C)=O)cc3)nc2=O)CC1OC(C)=O. The van der Waals surface area contributed by atoms with Gasteiger partial charge in [-0.15, -0.1) is 8.42 Å². The van der Waals surface area contributed by atoms with Gasteiger partial charge in [-0.3, -0.25) is 33.3 Å². The molecule has 0 aliphatic carbocycles. The van der Waals surface area contributed by atoms with E-state index >= 15 is 0 Å². The molecule has 3 aromatic rings. The summed E-state index contributed by atoms with van der Waals surface area (Å²) in [7, 11) is -4.90. The number of ether oxygens (including phenoxy) is 10. The Morgan fingerprint density at radius 1 is 0.692 bits per heavy atom. The predicted molar refractivity (Wildman–Crippen MR) is 214 cm³/mol. The first-order chi connectivity index (χ1) is 30.7. The molecule has 2 aliphatic rings. The van der Waals surface area contributed by atoms with Gasteiger partial charge in [0.25, 0.3) is 0 Å². The molecule has 0 bridgehead atoms. The first-order valence-corrected chi connectivity index (χ1v) is 21.0. The zero-order valence-electron chi connectivity index (χ0n) is 36.0. The van der Waals surface area contributed by atoms with Crippen molar-refractivity contribution in [1.29, 1.82) is 0 Å². The molecule has 1 unspecified atom stereocenters. The summed E-state index contributed by atoms with van der Waals surface area (Å²) in [6, 6.07) is 10.9. The lowest BCUT2D eigenvalue weighted by molar-refractivity contribution is -0.288. The molecule has 23 nitrogen and oxygen atoms in total. The van der Waals surface area contributed by atoms with E-state index in [-0.39, 0.29) is 37.0 Å². The Hall–Kier alpha value is -6.79. The lowest BCUT2D eigenvalue weighted by atomic mass is 9.98. The fourth-order valence-corrected chi connectivity index (χ4v) is 7.26. The van der Waals surface area contributed by atoms with E-state index in [4.69, 9.17) is 55.7 Å². The van der Waals surface area contributed by atoms with Gasteiger partial charge in [0.1, 0.15) is 50.1 Å². The topological polar surface area (TPSA) is 282 Å². The molecular formula is C41H46N2O21S. The summed E-state index contributed by atoms with van der Waals surface area (Å²) in [5.41, 5.74) is 0.229. The van der Waals surface area contributed by atoms with Gasteiger partial charge in [-0.05, 0) is 36.8 Å². The monoisotopic (exact) mass is 934 g/mol. The predicted octanol–water partition coefficient (Wildman–Crippen LogP) is 2.08. The average Bonchev–Trinajstić information content (AvgIpc) is 3.60. The summed E-state index contributed by atoms with van der Waals surface area (Å²) in [6.45, 7) is 7.51. The van der Waals surface area contributed by atoms with Crippen LogP contribution in [0.1, 0.15) is 65.3 Å². The Kier molecular flexibility index (Phi) is 16.5. The standard InChI is InChI=1S/C41H46N2O21S/c1-21-17-43(35-16-32(56-24(4)46)33(60-35)19-53-22(2)44)41(50)42-39(21)55-18-28-12-14-29(15-13-28)63-65(51,52)64-31-11-9-8-10-30(31)61-40-38(59-27(7)49)37(58-26(6)48)36(57-25(5)47)34(62-40)20-54-23(3)45/h8-15,17,32-38,40H,16,18-20H2,1-7H3/t32?,33-,34-,35-,36+,37+,38-,40-/m1/s1. The van der Waals surface area contributed by atoms with Crippen LogP contribution in [0.4, 0.5) is 0 Å². The lowest BCUT2D eigenvalue weighted by Gasteiger charge is -2.43. The second kappa shape index (κ2) is 21.7. The second-order valence-corrected chi connectivity index (χ2v) is 15.5. The van der Waals surface area contributed by atoms with Crippen LogP contribution in [-0.4, -0.2) is 110 Å². The fraction of sp³-hybridized carbons (Fsp3) is 0.463. The van der Waals surface area contributed by atoms with Crippen molar-refractivity contribution in [3.05, 3.63) is 76.3 Å². The van der Waals surface area contributed by atoms with Crippen molar-refractivity contribution in [2.75, 3.05) is 13.2 Å². The molecule has 0 saturated carbocycles. The number of nitrogens with zero attached hydrogens (tertiary/aromatic N) is 2. The van der Waals surface area contributed by atoms with Gasteiger partial charge in [-0.1, -0.05) is 24.3 Å². The molecule has 2 saturated heterocycles. The number of aryl methyl sites for hydroxylation is 1. The number of esters is 6. The zero-order valence-corrected chi connectivity index (χ0v) is 36.8. The number of carbonyl (C=O) groups excluding carboxylic acids is 6. The van der Waals surface area contributed by atoms with Crippen LogP contribution in [0.25, 0.3) is 0 Å². The number of aromatic nitrogens is 2. The molecule has 65 heavy (non-hydrogen) atoms. The van der Waals surface area contributed by atoms with E-state index in [1.165, 1.54) is 73.1 Å². The highest BCUT2D eigenvalue weighted by Crippen LogP contribution is 2.36.